The number of carbonyl (C=O) groups is 3. The number of amides is 3. The molecule has 10 nitrogen and oxygen atoms in total. The molecular weight excluding hydrogens is 661 g/mol. The first-order valence-electron chi connectivity index (χ1n) is 17.0. The van der Waals surface area contributed by atoms with E-state index in [0.717, 1.165) is 62.8 Å². The Balaban J connectivity index is 1.17. The number of benzene rings is 2. The molecule has 0 radical (unpaired) electrons. The van der Waals surface area contributed by atoms with Crippen LogP contribution in [-0.4, -0.2) is 109 Å². The number of carbonyl (C=O) groups excluding carboxylic acids is 3. The highest BCUT2D eigenvalue weighted by Crippen LogP contribution is 2.45. The van der Waals surface area contributed by atoms with E-state index < -0.39 is 40.9 Å². The van der Waals surface area contributed by atoms with Crippen LogP contribution in [0.1, 0.15) is 55.2 Å². The predicted molar refractivity (Wildman–Crippen MR) is 180 cm³/mol. The van der Waals surface area contributed by atoms with Crippen LogP contribution in [-0.2, 0) is 32.3 Å². The molecule has 0 bridgehead atoms. The number of piperidine rings is 2. The number of nitrogens with one attached hydrogen (secondary N) is 1. The van der Waals surface area contributed by atoms with Gasteiger partial charge in [0, 0.05) is 69.3 Å². The molecule has 1 spiro atoms. The molecule has 3 fully saturated rings. The third kappa shape index (κ3) is 7.78. The average molecular weight is 705 g/mol. The fraction of sp³-hybridized carbons (Fsp3) is 0.571. The maximum absolute atomic E-state index is 14.0. The molecule has 2 aromatic carbocycles. The second-order valence-corrected chi connectivity index (χ2v) is 14.3. The number of fused-ring (bicyclic) bond motifs is 2. The first-order valence-corrected chi connectivity index (χ1v) is 17.4. The van der Waals surface area contributed by atoms with Gasteiger partial charge in [-0.25, -0.2) is 4.79 Å². The van der Waals surface area contributed by atoms with Crippen LogP contribution in [0.5, 0.6) is 0 Å². The van der Waals surface area contributed by atoms with Crippen molar-refractivity contribution in [1.29, 1.82) is 0 Å². The average Bonchev–Trinajstić information content (AvgIpc) is 3.29. The van der Waals surface area contributed by atoms with E-state index in [1.165, 1.54) is 11.0 Å². The number of nitrogens with two attached hydrogens (primary N) is 1. The third-order valence-electron chi connectivity index (χ3n) is 10.7. The number of nitrogen functional groups attached to an aromatic ring is 1. The van der Waals surface area contributed by atoms with Crippen molar-refractivity contribution in [1.82, 2.24) is 19.6 Å². The van der Waals surface area contributed by atoms with E-state index in [2.05, 4.69) is 22.2 Å². The minimum absolute atomic E-state index is 0.0762. The predicted octanol–water partition coefficient (Wildman–Crippen LogP) is 4.99. The molecule has 0 aromatic heterocycles. The van der Waals surface area contributed by atoms with Gasteiger partial charge in [0.2, 0.25) is 5.91 Å². The molecule has 0 unspecified atom stereocenters. The lowest BCUT2D eigenvalue weighted by atomic mass is 9.68. The Morgan fingerprint density at radius 1 is 1.02 bits per heavy atom. The summed E-state index contributed by atoms with van der Waals surface area (Å²) in [5.41, 5.74) is 5.43. The Hall–Kier alpha value is -3.55. The first-order chi connectivity index (χ1) is 23.3. The SMILES string of the molecule is CN1CCCN(C2CCN(C(=O)[C@@H](Cc3cc(Cl)c(N)c(C(F)(F)F)c3)OC(=O)N3CCC4(CC3)CC(=O)Nc3ccccc34)CC2)CC1. The van der Waals surface area contributed by atoms with E-state index in [-0.39, 0.29) is 22.9 Å². The van der Waals surface area contributed by atoms with E-state index in [9.17, 15) is 27.6 Å². The van der Waals surface area contributed by atoms with Crippen molar-refractivity contribution in [3.05, 3.63) is 58.1 Å². The molecule has 6 rings (SSSR count). The molecule has 3 amide bonds. The minimum Gasteiger partial charge on any atom is -0.436 e. The summed E-state index contributed by atoms with van der Waals surface area (Å²) in [7, 11) is 2.12. The fourth-order valence-electron chi connectivity index (χ4n) is 7.92. The summed E-state index contributed by atoms with van der Waals surface area (Å²) in [6, 6.07) is 10.1. The highest BCUT2D eigenvalue weighted by Gasteiger charge is 2.44. The number of likely N-dealkylation sites (tertiary alicyclic amines) is 2. The summed E-state index contributed by atoms with van der Waals surface area (Å²) >= 11 is 6.12. The van der Waals surface area contributed by atoms with Crippen LogP contribution >= 0.6 is 11.6 Å². The van der Waals surface area contributed by atoms with Gasteiger partial charge in [-0.1, -0.05) is 29.8 Å². The van der Waals surface area contributed by atoms with Gasteiger partial charge >= 0.3 is 12.3 Å². The van der Waals surface area contributed by atoms with Gasteiger partial charge in [-0.2, -0.15) is 13.2 Å². The lowest BCUT2D eigenvalue weighted by molar-refractivity contribution is -0.142. The maximum Gasteiger partial charge on any atom is 0.418 e. The standard InChI is InChI=1S/C35H44ClF3N6O4/c1-42-11-4-12-43(18-17-42)24-7-13-44(14-8-24)32(47)29(21-23-19-26(35(37,38)39)31(40)27(36)20-23)49-33(48)45-15-9-34(10-16-45)22-30(46)41-28-6-3-2-5-25(28)34/h2-3,5-6,19-20,24,29H,4,7-18,21-22,40H2,1H3,(H,41,46)/t29-/m1/s1. The number of nitrogens with zero attached hydrogens (tertiary/aromatic N) is 4. The van der Waals surface area contributed by atoms with Crippen molar-refractivity contribution in [2.75, 3.05) is 70.5 Å². The number of hydrogen-bond donors (Lipinski definition) is 2. The number of hydrogen-bond acceptors (Lipinski definition) is 7. The van der Waals surface area contributed by atoms with Crippen molar-refractivity contribution in [2.45, 2.75) is 68.7 Å². The van der Waals surface area contributed by atoms with E-state index in [4.69, 9.17) is 22.1 Å². The Morgan fingerprint density at radius 2 is 1.73 bits per heavy atom. The van der Waals surface area contributed by atoms with Gasteiger partial charge in [0.05, 0.1) is 16.3 Å². The Labute approximate surface area is 289 Å². The minimum atomic E-state index is -4.76. The molecule has 4 aliphatic heterocycles. The van der Waals surface area contributed by atoms with Crippen molar-refractivity contribution in [2.24, 2.45) is 0 Å². The molecular formula is C35H44ClF3N6O4. The number of anilines is 2. The quantitative estimate of drug-likeness (QED) is 0.422. The van der Waals surface area contributed by atoms with Crippen LogP contribution in [0.3, 0.4) is 0 Å². The molecule has 0 aliphatic carbocycles. The van der Waals surface area contributed by atoms with Gasteiger partial charge in [0.15, 0.2) is 6.10 Å². The zero-order valence-corrected chi connectivity index (χ0v) is 28.5. The molecule has 1 atom stereocenters. The number of para-hydroxylation sites is 1. The first kappa shape index (κ1) is 35.3. The molecule has 14 heteroatoms. The molecule has 3 N–H and O–H groups in total. The zero-order chi connectivity index (χ0) is 34.9. The lowest BCUT2D eigenvalue weighted by Crippen LogP contribution is -2.52. The van der Waals surface area contributed by atoms with Gasteiger partial charge in [0.25, 0.3) is 5.91 Å². The van der Waals surface area contributed by atoms with Crippen LogP contribution in [0.4, 0.5) is 29.3 Å². The highest BCUT2D eigenvalue weighted by molar-refractivity contribution is 6.33. The third-order valence-corrected chi connectivity index (χ3v) is 11.0. The molecule has 4 aliphatic rings. The normalized spacial score (nSPS) is 21.5. The van der Waals surface area contributed by atoms with Crippen molar-refractivity contribution >= 4 is 40.9 Å². The number of rotatable bonds is 5. The maximum atomic E-state index is 14.0. The van der Waals surface area contributed by atoms with Gasteiger partial charge in [-0.15, -0.1) is 0 Å². The number of alkyl halides is 3. The summed E-state index contributed by atoms with van der Waals surface area (Å²) in [6.45, 7) is 5.48. The van der Waals surface area contributed by atoms with Crippen LogP contribution in [0.15, 0.2) is 36.4 Å². The summed E-state index contributed by atoms with van der Waals surface area (Å²) in [5, 5.41) is 2.64. The van der Waals surface area contributed by atoms with Crippen molar-refractivity contribution < 1.29 is 32.3 Å². The van der Waals surface area contributed by atoms with Crippen LogP contribution in [0.25, 0.3) is 0 Å². The van der Waals surface area contributed by atoms with Crippen molar-refractivity contribution in [3.8, 4) is 0 Å². The van der Waals surface area contributed by atoms with Crippen LogP contribution in [0.2, 0.25) is 5.02 Å². The Bertz CT molecular complexity index is 1560. The van der Waals surface area contributed by atoms with Crippen LogP contribution < -0.4 is 11.1 Å². The zero-order valence-electron chi connectivity index (χ0n) is 27.7. The largest absolute Gasteiger partial charge is 0.436 e. The Kier molecular flexibility index (Phi) is 10.3. The van der Waals surface area contributed by atoms with E-state index in [0.29, 0.717) is 51.5 Å². The summed E-state index contributed by atoms with van der Waals surface area (Å²) in [5.74, 6) is -0.525. The fourth-order valence-corrected chi connectivity index (χ4v) is 8.16. The summed E-state index contributed by atoms with van der Waals surface area (Å²) in [6.07, 6.45) is -3.21. The van der Waals surface area contributed by atoms with Gasteiger partial charge < -0.3 is 30.5 Å². The van der Waals surface area contributed by atoms with E-state index in [1.54, 1.807) is 4.90 Å². The van der Waals surface area contributed by atoms with Gasteiger partial charge in [-0.3, -0.25) is 14.5 Å². The molecule has 4 heterocycles. The molecule has 266 valence electrons. The summed E-state index contributed by atoms with van der Waals surface area (Å²) in [4.78, 5) is 48.2. The number of ether oxygens (including phenoxy) is 1. The van der Waals surface area contributed by atoms with Crippen LogP contribution in [0, 0.1) is 0 Å². The molecule has 2 aromatic rings. The topological polar surface area (TPSA) is 111 Å². The van der Waals surface area contributed by atoms with Crippen molar-refractivity contribution in [3.63, 3.8) is 0 Å². The second-order valence-electron chi connectivity index (χ2n) is 13.9. The monoisotopic (exact) mass is 704 g/mol. The number of halogens is 4. The smallest absolute Gasteiger partial charge is 0.418 e. The van der Waals surface area contributed by atoms with Gasteiger partial charge in [0.1, 0.15) is 0 Å². The molecule has 0 saturated carbocycles. The lowest BCUT2D eigenvalue weighted by Gasteiger charge is -2.44. The molecule has 3 saturated heterocycles. The number of likely N-dealkylation sites (N-methyl/N-ethyl adjacent to an activating group) is 1. The Morgan fingerprint density at radius 3 is 2.45 bits per heavy atom. The second kappa shape index (κ2) is 14.4. The van der Waals surface area contributed by atoms with E-state index in [1.807, 2.05) is 24.3 Å². The van der Waals surface area contributed by atoms with E-state index >= 15 is 0 Å². The molecule has 49 heavy (non-hydrogen) atoms. The van der Waals surface area contributed by atoms with Gasteiger partial charge in [-0.05, 0) is 81.6 Å². The highest BCUT2D eigenvalue weighted by atomic mass is 35.5. The summed E-state index contributed by atoms with van der Waals surface area (Å²) < 4.78 is 47.3.